The highest BCUT2D eigenvalue weighted by molar-refractivity contribution is 5.55. The molecule has 0 amide bonds. The molecule has 0 aliphatic carbocycles. The molecular weight excluding hydrogens is 310 g/mol. The fraction of sp³-hybridized carbons (Fsp3) is 0.474. The second-order valence-corrected chi connectivity index (χ2v) is 5.95. The van der Waals surface area contributed by atoms with Gasteiger partial charge < -0.3 is 4.74 Å². The zero-order valence-electron chi connectivity index (χ0n) is 14.2. The molecule has 0 saturated carbocycles. The highest BCUT2D eigenvalue weighted by atomic mass is 19.2. The molecule has 0 bridgehead atoms. The third-order valence-electron chi connectivity index (χ3n) is 3.78. The molecule has 1 heterocycles. The zero-order chi connectivity index (χ0) is 17.4. The van der Waals surface area contributed by atoms with Gasteiger partial charge in [0.05, 0.1) is 0 Å². The van der Waals surface area contributed by atoms with Crippen molar-refractivity contribution in [3.63, 3.8) is 0 Å². The molecule has 2 rings (SSSR count). The predicted octanol–water partition coefficient (Wildman–Crippen LogP) is 5.09. The van der Waals surface area contributed by atoms with E-state index in [0.29, 0.717) is 18.0 Å². The van der Waals surface area contributed by atoms with Crippen LogP contribution >= 0.6 is 0 Å². The molecule has 2 atom stereocenters. The van der Waals surface area contributed by atoms with Crippen LogP contribution in [-0.2, 0) is 0 Å². The number of aromatic nitrogens is 2. The van der Waals surface area contributed by atoms with Gasteiger partial charge in [-0.2, -0.15) is 0 Å². The van der Waals surface area contributed by atoms with Crippen molar-refractivity contribution in [3.8, 4) is 17.1 Å². The second kappa shape index (κ2) is 9.30. The van der Waals surface area contributed by atoms with Gasteiger partial charge in [-0.25, -0.2) is 18.7 Å². The van der Waals surface area contributed by atoms with Gasteiger partial charge in [-0.05, 0) is 43.2 Å². The highest BCUT2D eigenvalue weighted by Gasteiger charge is 2.20. The molecule has 2 aromatic rings. The third-order valence-corrected chi connectivity index (χ3v) is 3.78. The summed E-state index contributed by atoms with van der Waals surface area (Å²) in [7, 11) is 0. The second-order valence-electron chi connectivity index (χ2n) is 5.95. The van der Waals surface area contributed by atoms with Crippen LogP contribution in [0.2, 0.25) is 0 Å². The summed E-state index contributed by atoms with van der Waals surface area (Å²) < 4.78 is 32.8. The number of alkyl halides is 2. The van der Waals surface area contributed by atoms with E-state index in [-0.39, 0.29) is 13.0 Å². The molecule has 0 N–H and O–H groups in total. The van der Waals surface area contributed by atoms with Crippen molar-refractivity contribution >= 4 is 0 Å². The van der Waals surface area contributed by atoms with Crippen LogP contribution in [-0.4, -0.2) is 28.9 Å². The van der Waals surface area contributed by atoms with E-state index in [4.69, 9.17) is 4.74 Å². The van der Waals surface area contributed by atoms with Gasteiger partial charge in [-0.15, -0.1) is 0 Å². The zero-order valence-corrected chi connectivity index (χ0v) is 14.2. The number of ether oxygens (including phenoxy) is 1. The summed E-state index contributed by atoms with van der Waals surface area (Å²) in [5, 5.41) is 0. The van der Waals surface area contributed by atoms with E-state index >= 15 is 0 Å². The minimum Gasteiger partial charge on any atom is -0.490 e. The Labute approximate surface area is 142 Å². The summed E-state index contributed by atoms with van der Waals surface area (Å²) in [5.41, 5.74) is 1.84. The van der Waals surface area contributed by atoms with E-state index in [1.54, 1.807) is 36.7 Å². The highest BCUT2D eigenvalue weighted by Crippen LogP contribution is 2.20. The molecule has 1 aromatic carbocycles. The molecule has 0 spiro atoms. The predicted molar refractivity (Wildman–Crippen MR) is 91.6 cm³/mol. The van der Waals surface area contributed by atoms with Crippen molar-refractivity contribution < 1.29 is 13.5 Å². The van der Waals surface area contributed by atoms with Gasteiger partial charge in [0, 0.05) is 18.0 Å². The Hall–Kier alpha value is -2.04. The summed E-state index contributed by atoms with van der Waals surface area (Å²) in [6.45, 7) is 3.69. The lowest BCUT2D eigenvalue weighted by Crippen LogP contribution is -2.24. The van der Waals surface area contributed by atoms with Crippen LogP contribution in [0.3, 0.4) is 0 Å². The first-order valence-corrected chi connectivity index (χ1v) is 8.40. The standard InChI is InChI=1S/C19H24F2N2O/c1-3-4-5-6-17(20)18(21)13-24-16-9-7-15(8-10-16)19-22-11-14(2)12-23-19/h7-12,17-18H,3-6,13H2,1-2H3. The van der Waals surface area contributed by atoms with E-state index in [0.717, 1.165) is 24.0 Å². The third kappa shape index (κ3) is 5.55. The van der Waals surface area contributed by atoms with E-state index in [1.807, 2.05) is 13.8 Å². The van der Waals surface area contributed by atoms with Crippen molar-refractivity contribution in [2.24, 2.45) is 0 Å². The van der Waals surface area contributed by atoms with Crippen molar-refractivity contribution in [2.45, 2.75) is 51.9 Å². The number of nitrogens with zero attached hydrogens (tertiary/aromatic N) is 2. The Morgan fingerprint density at radius 1 is 1.00 bits per heavy atom. The molecule has 2 unspecified atom stereocenters. The van der Waals surface area contributed by atoms with Gasteiger partial charge in [0.15, 0.2) is 12.0 Å². The van der Waals surface area contributed by atoms with Gasteiger partial charge in [-0.3, -0.25) is 0 Å². The Kier molecular flexibility index (Phi) is 7.09. The fourth-order valence-corrected chi connectivity index (χ4v) is 2.29. The minimum atomic E-state index is -1.60. The van der Waals surface area contributed by atoms with Crippen molar-refractivity contribution in [3.05, 3.63) is 42.2 Å². The quantitative estimate of drug-likeness (QED) is 0.599. The van der Waals surface area contributed by atoms with Crippen LogP contribution in [0.1, 0.15) is 38.2 Å². The molecule has 1 aromatic heterocycles. The summed E-state index contributed by atoms with van der Waals surface area (Å²) in [6.07, 6.45) is 3.33. The SMILES string of the molecule is CCCCCC(F)C(F)COc1ccc(-c2ncc(C)cn2)cc1. The van der Waals surface area contributed by atoms with E-state index in [2.05, 4.69) is 9.97 Å². The van der Waals surface area contributed by atoms with Crippen LogP contribution in [0.4, 0.5) is 8.78 Å². The summed E-state index contributed by atoms with van der Waals surface area (Å²) in [6, 6.07) is 7.05. The van der Waals surface area contributed by atoms with Crippen LogP contribution in [0.25, 0.3) is 11.4 Å². The van der Waals surface area contributed by atoms with Crippen molar-refractivity contribution in [1.82, 2.24) is 9.97 Å². The maximum absolute atomic E-state index is 13.8. The van der Waals surface area contributed by atoms with Crippen LogP contribution in [0.5, 0.6) is 5.75 Å². The number of benzene rings is 1. The van der Waals surface area contributed by atoms with Crippen molar-refractivity contribution in [2.75, 3.05) is 6.61 Å². The average molecular weight is 334 g/mol. The Bertz CT molecular complexity index is 602. The van der Waals surface area contributed by atoms with Gasteiger partial charge in [0.2, 0.25) is 0 Å². The molecule has 130 valence electrons. The van der Waals surface area contributed by atoms with Crippen LogP contribution < -0.4 is 4.74 Å². The first-order valence-electron chi connectivity index (χ1n) is 8.40. The molecule has 0 fully saturated rings. The monoisotopic (exact) mass is 334 g/mol. The van der Waals surface area contributed by atoms with Gasteiger partial charge in [0.1, 0.15) is 18.5 Å². The Balaban J connectivity index is 1.84. The van der Waals surface area contributed by atoms with Crippen molar-refractivity contribution in [1.29, 1.82) is 0 Å². The smallest absolute Gasteiger partial charge is 0.165 e. The molecule has 0 aliphatic heterocycles. The number of aryl methyl sites for hydroxylation is 1. The van der Waals surface area contributed by atoms with Gasteiger partial charge in [0.25, 0.3) is 0 Å². The maximum atomic E-state index is 13.8. The molecule has 5 heteroatoms. The van der Waals surface area contributed by atoms with E-state index < -0.39 is 12.3 Å². The number of hydrogen-bond donors (Lipinski definition) is 0. The molecule has 0 saturated heterocycles. The lowest BCUT2D eigenvalue weighted by atomic mass is 10.1. The lowest BCUT2D eigenvalue weighted by Gasteiger charge is -2.14. The molecule has 3 nitrogen and oxygen atoms in total. The lowest BCUT2D eigenvalue weighted by molar-refractivity contribution is 0.102. The summed E-state index contributed by atoms with van der Waals surface area (Å²) >= 11 is 0. The van der Waals surface area contributed by atoms with Crippen LogP contribution in [0, 0.1) is 6.92 Å². The average Bonchev–Trinajstić information content (AvgIpc) is 2.61. The Morgan fingerprint density at radius 2 is 1.67 bits per heavy atom. The van der Waals surface area contributed by atoms with Gasteiger partial charge in [-0.1, -0.05) is 26.2 Å². The topological polar surface area (TPSA) is 35.0 Å². The molecule has 24 heavy (non-hydrogen) atoms. The molecule has 0 aliphatic rings. The fourth-order valence-electron chi connectivity index (χ4n) is 2.29. The first-order chi connectivity index (χ1) is 11.6. The minimum absolute atomic E-state index is 0.252. The normalized spacial score (nSPS) is 13.5. The number of rotatable bonds is 9. The summed E-state index contributed by atoms with van der Waals surface area (Å²) in [5.74, 6) is 1.13. The van der Waals surface area contributed by atoms with Crippen LogP contribution in [0.15, 0.2) is 36.7 Å². The largest absolute Gasteiger partial charge is 0.490 e. The van der Waals surface area contributed by atoms with E-state index in [1.165, 1.54) is 0 Å². The number of hydrogen-bond acceptors (Lipinski definition) is 3. The van der Waals surface area contributed by atoms with Gasteiger partial charge >= 0.3 is 0 Å². The first kappa shape index (κ1) is 18.3. The molecule has 0 radical (unpaired) electrons. The maximum Gasteiger partial charge on any atom is 0.165 e. The van der Waals surface area contributed by atoms with E-state index in [9.17, 15) is 8.78 Å². The Morgan fingerprint density at radius 3 is 2.29 bits per heavy atom. The number of halogens is 2. The summed E-state index contributed by atoms with van der Waals surface area (Å²) in [4.78, 5) is 8.50. The molecular formula is C19H24F2N2O. The number of unbranched alkanes of at least 4 members (excludes halogenated alkanes) is 2.